The molecule has 1 saturated carbocycles. The van der Waals surface area contributed by atoms with Gasteiger partial charge in [-0.3, -0.25) is 4.79 Å². The van der Waals surface area contributed by atoms with E-state index in [1.165, 1.54) is 0 Å². The zero-order chi connectivity index (χ0) is 15.8. The Kier molecular flexibility index (Phi) is 4.89. The highest BCUT2D eigenvalue weighted by Crippen LogP contribution is 2.32. The van der Waals surface area contributed by atoms with Crippen molar-refractivity contribution in [1.82, 2.24) is 5.32 Å². The van der Waals surface area contributed by atoms with Gasteiger partial charge in [0.25, 0.3) is 15.0 Å². The van der Waals surface area contributed by atoms with Crippen LogP contribution in [0.15, 0.2) is 15.4 Å². The van der Waals surface area contributed by atoms with Crippen molar-refractivity contribution >= 4 is 41.6 Å². The van der Waals surface area contributed by atoms with Gasteiger partial charge < -0.3 is 5.32 Å². The molecule has 1 aliphatic rings. The van der Waals surface area contributed by atoms with Crippen LogP contribution >= 0.6 is 26.6 Å². The molecule has 0 aromatic heterocycles. The van der Waals surface area contributed by atoms with E-state index < -0.39 is 37.1 Å². The predicted molar refractivity (Wildman–Crippen MR) is 76.8 cm³/mol. The molecule has 9 heteroatoms. The normalized spacial score (nSPS) is 16.2. The van der Waals surface area contributed by atoms with Crippen molar-refractivity contribution in [3.63, 3.8) is 0 Å². The summed E-state index contributed by atoms with van der Waals surface area (Å²) in [7, 11) is 0.656. The molecule has 21 heavy (non-hydrogen) atoms. The van der Waals surface area contributed by atoms with Gasteiger partial charge in [0.1, 0.15) is 16.3 Å². The molecular weight excluding hydrogens is 392 g/mol. The predicted octanol–water partition coefficient (Wildman–Crippen LogP) is 3.33. The average molecular weight is 403 g/mol. The Balaban J connectivity index is 2.45. The van der Waals surface area contributed by atoms with Gasteiger partial charge in [-0.1, -0.05) is 12.8 Å². The molecule has 1 aromatic rings. The Bertz CT molecular complexity index is 690. The Morgan fingerprint density at radius 2 is 1.90 bits per heavy atom. The quantitative estimate of drug-likeness (QED) is 0.789. The summed E-state index contributed by atoms with van der Waals surface area (Å²) in [5.74, 6) is -3.63. The van der Waals surface area contributed by atoms with E-state index in [9.17, 15) is 22.0 Å². The summed E-state index contributed by atoms with van der Waals surface area (Å²) in [4.78, 5) is 11.0. The zero-order valence-corrected chi connectivity index (χ0v) is 13.8. The van der Waals surface area contributed by atoms with E-state index in [1.807, 2.05) is 0 Å². The number of amides is 1. The minimum absolute atomic E-state index is 0.156. The highest BCUT2D eigenvalue weighted by atomic mass is 79.9. The summed E-state index contributed by atoms with van der Waals surface area (Å²) in [5, 5.41) is 2.50. The molecule has 1 aromatic carbocycles. The van der Waals surface area contributed by atoms with Crippen molar-refractivity contribution in [1.29, 1.82) is 0 Å². The number of carbonyl (C=O) groups excluding carboxylic acids is 1. The Morgan fingerprint density at radius 1 is 1.33 bits per heavy atom. The largest absolute Gasteiger partial charge is 0.349 e. The molecule has 4 nitrogen and oxygen atoms in total. The van der Waals surface area contributed by atoms with Gasteiger partial charge >= 0.3 is 0 Å². The first-order valence-electron chi connectivity index (χ1n) is 6.15. The van der Waals surface area contributed by atoms with Gasteiger partial charge in [0.2, 0.25) is 0 Å². The standard InChI is InChI=1S/C12H11BrClF2NO3S/c13-7-5-8(15)9(10(16)11(7)21(14,19)20)12(18)17-6-3-1-2-4-6/h5-6H,1-4H2,(H,17,18). The summed E-state index contributed by atoms with van der Waals surface area (Å²) >= 11 is 2.73. The number of rotatable bonds is 3. The topological polar surface area (TPSA) is 63.2 Å². The molecular formula is C12H11BrClF2NO3S. The first kappa shape index (κ1) is 16.6. The fourth-order valence-corrected chi connectivity index (χ4v) is 4.69. The maximum absolute atomic E-state index is 14.2. The molecule has 1 amide bonds. The zero-order valence-electron chi connectivity index (χ0n) is 10.6. The maximum atomic E-state index is 14.2. The molecule has 1 N–H and O–H groups in total. The van der Waals surface area contributed by atoms with E-state index in [1.54, 1.807) is 0 Å². The smallest absolute Gasteiger partial charge is 0.265 e. The van der Waals surface area contributed by atoms with Crippen molar-refractivity contribution in [2.45, 2.75) is 36.6 Å². The van der Waals surface area contributed by atoms with E-state index in [4.69, 9.17) is 10.7 Å². The number of hydrogen-bond donors (Lipinski definition) is 1. The van der Waals surface area contributed by atoms with Gasteiger partial charge in [-0.15, -0.1) is 0 Å². The van der Waals surface area contributed by atoms with Crippen molar-refractivity contribution in [3.05, 3.63) is 27.7 Å². The second kappa shape index (κ2) is 6.18. The number of nitrogens with one attached hydrogen (secondary N) is 1. The number of benzene rings is 1. The minimum atomic E-state index is -4.46. The van der Waals surface area contributed by atoms with Gasteiger partial charge in [0.15, 0.2) is 5.82 Å². The molecule has 0 bridgehead atoms. The number of halogens is 4. The van der Waals surface area contributed by atoms with E-state index in [2.05, 4.69) is 21.2 Å². The summed E-state index contributed by atoms with van der Waals surface area (Å²) < 4.78 is 50.4. The van der Waals surface area contributed by atoms with Crippen molar-refractivity contribution in [2.24, 2.45) is 0 Å². The van der Waals surface area contributed by atoms with Crippen molar-refractivity contribution in [3.8, 4) is 0 Å². The van der Waals surface area contributed by atoms with Crippen LogP contribution in [0.5, 0.6) is 0 Å². The van der Waals surface area contributed by atoms with Gasteiger partial charge in [0, 0.05) is 21.2 Å². The molecule has 0 heterocycles. The number of hydrogen-bond acceptors (Lipinski definition) is 3. The van der Waals surface area contributed by atoms with E-state index in [0.717, 1.165) is 25.7 Å². The van der Waals surface area contributed by atoms with Crippen molar-refractivity contribution in [2.75, 3.05) is 0 Å². The maximum Gasteiger partial charge on any atom is 0.265 e. The lowest BCUT2D eigenvalue weighted by Crippen LogP contribution is -2.34. The van der Waals surface area contributed by atoms with Gasteiger partial charge in [-0.2, -0.15) is 0 Å². The van der Waals surface area contributed by atoms with Crippen LogP contribution in [0.2, 0.25) is 0 Å². The third-order valence-corrected chi connectivity index (χ3v) is 5.53. The van der Waals surface area contributed by atoms with Crippen LogP contribution in [0, 0.1) is 11.6 Å². The third kappa shape index (κ3) is 3.54. The summed E-state index contributed by atoms with van der Waals surface area (Å²) in [6.07, 6.45) is 3.31. The van der Waals surface area contributed by atoms with Crippen LogP contribution in [0.4, 0.5) is 8.78 Å². The van der Waals surface area contributed by atoms with Gasteiger partial charge in [-0.25, -0.2) is 17.2 Å². The van der Waals surface area contributed by atoms with Crippen LogP contribution in [0.3, 0.4) is 0 Å². The summed E-state index contributed by atoms with van der Waals surface area (Å²) in [5.41, 5.74) is -0.940. The van der Waals surface area contributed by atoms with Crippen LogP contribution in [-0.4, -0.2) is 20.4 Å². The molecule has 0 atom stereocenters. The fourth-order valence-electron chi connectivity index (χ4n) is 2.33. The molecule has 116 valence electrons. The SMILES string of the molecule is O=C(NC1CCCC1)c1c(F)cc(Br)c(S(=O)(=O)Cl)c1F. The molecule has 0 aliphatic heterocycles. The van der Waals surface area contributed by atoms with E-state index >= 15 is 0 Å². The molecule has 1 fully saturated rings. The van der Waals surface area contributed by atoms with Crippen molar-refractivity contribution < 1.29 is 22.0 Å². The lowest BCUT2D eigenvalue weighted by molar-refractivity contribution is 0.0928. The summed E-state index contributed by atoms with van der Waals surface area (Å²) in [6.45, 7) is 0. The van der Waals surface area contributed by atoms with Gasteiger partial charge in [-0.05, 0) is 34.8 Å². The first-order chi connectivity index (χ1) is 9.71. The summed E-state index contributed by atoms with van der Waals surface area (Å²) in [6, 6.07) is 0.554. The Hall–Kier alpha value is -0.730. The van der Waals surface area contributed by atoms with E-state index in [-0.39, 0.29) is 10.5 Å². The van der Waals surface area contributed by atoms with Gasteiger partial charge in [0.05, 0.1) is 0 Å². The van der Waals surface area contributed by atoms with Crippen LogP contribution in [-0.2, 0) is 9.05 Å². The highest BCUT2D eigenvalue weighted by Gasteiger charge is 2.30. The van der Waals surface area contributed by atoms with Crippen LogP contribution in [0.25, 0.3) is 0 Å². The average Bonchev–Trinajstić information content (AvgIpc) is 2.78. The molecule has 0 unspecified atom stereocenters. The molecule has 2 rings (SSSR count). The second-order valence-corrected chi connectivity index (χ2v) is 8.11. The van der Waals surface area contributed by atoms with Crippen LogP contribution in [0.1, 0.15) is 36.0 Å². The first-order valence-corrected chi connectivity index (χ1v) is 9.25. The molecule has 0 saturated heterocycles. The van der Waals surface area contributed by atoms with E-state index in [0.29, 0.717) is 6.07 Å². The Labute approximate surface area is 133 Å². The number of carbonyl (C=O) groups is 1. The lowest BCUT2D eigenvalue weighted by Gasteiger charge is -2.14. The second-order valence-electron chi connectivity index (χ2n) is 4.75. The highest BCUT2D eigenvalue weighted by molar-refractivity contribution is 9.10. The molecule has 1 aliphatic carbocycles. The Morgan fingerprint density at radius 3 is 2.43 bits per heavy atom. The monoisotopic (exact) mass is 401 g/mol. The van der Waals surface area contributed by atoms with Crippen LogP contribution < -0.4 is 5.32 Å². The third-order valence-electron chi connectivity index (χ3n) is 3.29. The molecule has 0 spiro atoms. The fraction of sp³-hybridized carbons (Fsp3) is 0.417. The molecule has 0 radical (unpaired) electrons. The minimum Gasteiger partial charge on any atom is -0.349 e. The lowest BCUT2D eigenvalue weighted by atomic mass is 10.1.